The molecule has 142 valence electrons. The third-order valence-corrected chi connectivity index (χ3v) is 3.92. The van der Waals surface area contributed by atoms with Crippen LogP contribution in [0, 0.1) is 12.3 Å². The second-order valence-corrected chi connectivity index (χ2v) is 7.61. The van der Waals surface area contributed by atoms with Gasteiger partial charge in [0.15, 0.2) is 0 Å². The molecule has 0 spiro atoms. The van der Waals surface area contributed by atoms with Gasteiger partial charge in [-0.05, 0) is 54.3 Å². The van der Waals surface area contributed by atoms with Crippen molar-refractivity contribution in [3.8, 4) is 0 Å². The zero-order valence-corrected chi connectivity index (χ0v) is 15.9. The van der Waals surface area contributed by atoms with Gasteiger partial charge in [0.1, 0.15) is 0 Å². The van der Waals surface area contributed by atoms with Crippen molar-refractivity contribution in [2.45, 2.75) is 27.7 Å². The highest BCUT2D eigenvalue weighted by Gasteiger charge is 2.14. The second kappa shape index (κ2) is 8.03. The standard InChI is InChI=1S/C21H24N2O4/c1-13-5-6-16(20(26)27)11-17(13)23-19(25)15-9-7-14(8-10-15)18(24)22-12-21(2,3)4/h5-11H,12H2,1-4H3,(H,22,24)(H,23,25)(H,26,27). The van der Waals surface area contributed by atoms with E-state index in [1.807, 2.05) is 20.8 Å². The molecule has 0 aromatic heterocycles. The summed E-state index contributed by atoms with van der Waals surface area (Å²) in [7, 11) is 0. The third kappa shape index (κ3) is 5.67. The molecule has 2 amide bonds. The summed E-state index contributed by atoms with van der Waals surface area (Å²) in [5, 5.41) is 14.6. The Morgan fingerprint density at radius 2 is 1.41 bits per heavy atom. The van der Waals surface area contributed by atoms with E-state index in [2.05, 4.69) is 10.6 Å². The number of rotatable bonds is 5. The molecule has 0 saturated carbocycles. The fourth-order valence-electron chi connectivity index (χ4n) is 2.30. The fraction of sp³-hybridized carbons (Fsp3) is 0.286. The maximum atomic E-state index is 12.4. The van der Waals surface area contributed by atoms with Crippen molar-refractivity contribution >= 4 is 23.5 Å². The van der Waals surface area contributed by atoms with Gasteiger partial charge in [-0.15, -0.1) is 0 Å². The van der Waals surface area contributed by atoms with Crippen LogP contribution in [0.1, 0.15) is 57.4 Å². The van der Waals surface area contributed by atoms with Crippen molar-refractivity contribution in [1.82, 2.24) is 5.32 Å². The molecule has 0 aliphatic carbocycles. The van der Waals surface area contributed by atoms with Gasteiger partial charge in [0.2, 0.25) is 0 Å². The molecule has 2 aromatic rings. The van der Waals surface area contributed by atoms with Gasteiger partial charge in [-0.1, -0.05) is 26.8 Å². The average molecular weight is 368 g/mol. The van der Waals surface area contributed by atoms with Crippen molar-refractivity contribution in [3.05, 3.63) is 64.7 Å². The van der Waals surface area contributed by atoms with Crippen molar-refractivity contribution in [1.29, 1.82) is 0 Å². The van der Waals surface area contributed by atoms with E-state index >= 15 is 0 Å². The fourth-order valence-corrected chi connectivity index (χ4v) is 2.30. The number of carbonyl (C=O) groups excluding carboxylic acids is 2. The van der Waals surface area contributed by atoms with Crippen LogP contribution in [0.4, 0.5) is 5.69 Å². The first kappa shape index (κ1) is 20.2. The summed E-state index contributed by atoms with van der Waals surface area (Å²) in [4.78, 5) is 35.7. The maximum absolute atomic E-state index is 12.4. The van der Waals surface area contributed by atoms with Crippen LogP contribution >= 0.6 is 0 Å². The zero-order chi connectivity index (χ0) is 20.2. The Labute approximate surface area is 158 Å². The molecule has 6 heteroatoms. The highest BCUT2D eigenvalue weighted by atomic mass is 16.4. The van der Waals surface area contributed by atoms with Gasteiger partial charge in [-0.2, -0.15) is 0 Å². The smallest absolute Gasteiger partial charge is 0.335 e. The Balaban J connectivity index is 2.09. The molecular weight excluding hydrogens is 344 g/mol. The molecule has 0 unspecified atom stereocenters. The van der Waals surface area contributed by atoms with E-state index in [0.717, 1.165) is 5.56 Å². The van der Waals surface area contributed by atoms with Crippen molar-refractivity contribution < 1.29 is 19.5 Å². The third-order valence-electron chi connectivity index (χ3n) is 3.92. The Morgan fingerprint density at radius 3 is 1.93 bits per heavy atom. The summed E-state index contributed by atoms with van der Waals surface area (Å²) >= 11 is 0. The first-order chi connectivity index (χ1) is 12.6. The van der Waals surface area contributed by atoms with Gasteiger partial charge < -0.3 is 15.7 Å². The maximum Gasteiger partial charge on any atom is 0.335 e. The number of aryl methyl sites for hydroxylation is 1. The second-order valence-electron chi connectivity index (χ2n) is 7.61. The van der Waals surface area contributed by atoms with Gasteiger partial charge in [-0.3, -0.25) is 9.59 Å². The zero-order valence-electron chi connectivity index (χ0n) is 15.9. The van der Waals surface area contributed by atoms with Gasteiger partial charge >= 0.3 is 5.97 Å². The minimum atomic E-state index is -1.06. The predicted octanol–water partition coefficient (Wildman–Crippen LogP) is 3.72. The molecule has 6 nitrogen and oxygen atoms in total. The lowest BCUT2D eigenvalue weighted by molar-refractivity contribution is 0.0696. The number of nitrogens with one attached hydrogen (secondary N) is 2. The lowest BCUT2D eigenvalue weighted by Crippen LogP contribution is -2.32. The molecule has 2 aromatic carbocycles. The van der Waals surface area contributed by atoms with E-state index < -0.39 is 5.97 Å². The molecule has 0 atom stereocenters. The highest BCUT2D eigenvalue weighted by molar-refractivity contribution is 6.06. The number of hydrogen-bond acceptors (Lipinski definition) is 3. The molecule has 0 aliphatic rings. The lowest BCUT2D eigenvalue weighted by Gasteiger charge is -2.18. The summed E-state index contributed by atoms with van der Waals surface area (Å²) in [6.45, 7) is 8.42. The van der Waals surface area contributed by atoms with E-state index in [4.69, 9.17) is 5.11 Å². The number of carboxylic acid groups (broad SMARTS) is 1. The number of carboxylic acids is 1. The van der Waals surface area contributed by atoms with E-state index in [1.165, 1.54) is 12.1 Å². The van der Waals surface area contributed by atoms with Crippen LogP contribution in [0.2, 0.25) is 0 Å². The largest absolute Gasteiger partial charge is 0.478 e. The summed E-state index contributed by atoms with van der Waals surface area (Å²) in [5.74, 6) is -1.62. The molecule has 0 fully saturated rings. The molecule has 0 bridgehead atoms. The lowest BCUT2D eigenvalue weighted by atomic mass is 9.97. The summed E-state index contributed by atoms with van der Waals surface area (Å²) < 4.78 is 0. The number of benzene rings is 2. The summed E-state index contributed by atoms with van der Waals surface area (Å²) in [5.41, 5.74) is 2.13. The predicted molar refractivity (Wildman–Crippen MR) is 104 cm³/mol. The van der Waals surface area contributed by atoms with E-state index in [-0.39, 0.29) is 22.8 Å². The van der Waals surface area contributed by atoms with Crippen molar-refractivity contribution in [3.63, 3.8) is 0 Å². The van der Waals surface area contributed by atoms with Crippen LogP contribution < -0.4 is 10.6 Å². The average Bonchev–Trinajstić information content (AvgIpc) is 2.60. The van der Waals surface area contributed by atoms with Crippen LogP contribution in [0.25, 0.3) is 0 Å². The minimum Gasteiger partial charge on any atom is -0.478 e. The monoisotopic (exact) mass is 368 g/mol. The minimum absolute atomic E-state index is 0.0160. The highest BCUT2D eigenvalue weighted by Crippen LogP contribution is 2.18. The number of anilines is 1. The Bertz CT molecular complexity index is 865. The van der Waals surface area contributed by atoms with Gasteiger partial charge in [-0.25, -0.2) is 4.79 Å². The summed E-state index contributed by atoms with van der Waals surface area (Å²) in [6, 6.07) is 10.9. The molecule has 0 radical (unpaired) electrons. The quantitative estimate of drug-likeness (QED) is 0.749. The number of hydrogen-bond donors (Lipinski definition) is 3. The van der Waals surface area contributed by atoms with Crippen molar-refractivity contribution in [2.24, 2.45) is 5.41 Å². The number of carbonyl (C=O) groups is 3. The van der Waals surface area contributed by atoms with Crippen LogP contribution in [-0.2, 0) is 0 Å². The molecular formula is C21H24N2O4. The molecule has 0 saturated heterocycles. The van der Waals surface area contributed by atoms with Gasteiger partial charge in [0.05, 0.1) is 5.56 Å². The van der Waals surface area contributed by atoms with Crippen LogP contribution in [0.3, 0.4) is 0 Å². The Morgan fingerprint density at radius 1 is 0.889 bits per heavy atom. The SMILES string of the molecule is Cc1ccc(C(=O)O)cc1NC(=O)c1ccc(C(=O)NCC(C)(C)C)cc1. The van der Waals surface area contributed by atoms with E-state index in [1.54, 1.807) is 37.3 Å². The van der Waals surface area contributed by atoms with Gasteiger partial charge in [0.25, 0.3) is 11.8 Å². The first-order valence-electron chi connectivity index (χ1n) is 8.60. The van der Waals surface area contributed by atoms with Crippen LogP contribution in [0.5, 0.6) is 0 Å². The normalized spacial score (nSPS) is 11.0. The van der Waals surface area contributed by atoms with Crippen LogP contribution in [0.15, 0.2) is 42.5 Å². The Hall–Kier alpha value is -3.15. The molecule has 0 heterocycles. The van der Waals surface area contributed by atoms with Crippen molar-refractivity contribution in [2.75, 3.05) is 11.9 Å². The first-order valence-corrected chi connectivity index (χ1v) is 8.60. The van der Waals surface area contributed by atoms with E-state index in [0.29, 0.717) is 23.4 Å². The number of amides is 2. The molecule has 3 N–H and O–H groups in total. The van der Waals surface area contributed by atoms with Crippen LogP contribution in [-0.4, -0.2) is 29.4 Å². The Kier molecular flexibility index (Phi) is 6.00. The van der Waals surface area contributed by atoms with Gasteiger partial charge in [0, 0.05) is 23.4 Å². The topological polar surface area (TPSA) is 95.5 Å². The molecule has 2 rings (SSSR count). The molecule has 0 aliphatic heterocycles. The number of aromatic carboxylic acids is 1. The van der Waals surface area contributed by atoms with E-state index in [9.17, 15) is 14.4 Å². The molecule has 27 heavy (non-hydrogen) atoms. The summed E-state index contributed by atoms with van der Waals surface area (Å²) in [6.07, 6.45) is 0.